The third-order valence-corrected chi connectivity index (χ3v) is 3.91. The molecule has 20 heavy (non-hydrogen) atoms. The lowest BCUT2D eigenvalue weighted by Crippen LogP contribution is -2.19. The number of halogens is 4. The third-order valence-electron chi connectivity index (χ3n) is 2.24. The number of hydrogen-bond acceptors (Lipinski definition) is 3. The first-order chi connectivity index (χ1) is 9.13. The fourth-order valence-electron chi connectivity index (χ4n) is 1.35. The van der Waals surface area contributed by atoms with Crippen LogP contribution in [0, 0.1) is 11.3 Å². The van der Waals surface area contributed by atoms with Gasteiger partial charge in [0.1, 0.15) is 0 Å². The molecule has 1 rings (SSSR count). The van der Waals surface area contributed by atoms with Gasteiger partial charge in [-0.2, -0.15) is 18.4 Å². The minimum atomic E-state index is -4.39. The van der Waals surface area contributed by atoms with Gasteiger partial charge in [-0.1, -0.05) is 11.6 Å². The van der Waals surface area contributed by atoms with E-state index in [1.54, 1.807) is 0 Å². The molecule has 9 heteroatoms. The van der Waals surface area contributed by atoms with Gasteiger partial charge in [0.15, 0.2) is 0 Å². The van der Waals surface area contributed by atoms with Gasteiger partial charge in [-0.05, 0) is 24.6 Å². The molecule has 0 atom stereocenters. The number of anilines is 1. The molecule has 0 aromatic heterocycles. The highest BCUT2D eigenvalue weighted by Crippen LogP contribution is 2.25. The molecular formula is C11H10ClF3N2O2S. The molecule has 0 aliphatic rings. The molecule has 4 nitrogen and oxygen atoms in total. The minimum absolute atomic E-state index is 0.00319. The summed E-state index contributed by atoms with van der Waals surface area (Å²) in [5.74, 6) is -0.664. The summed E-state index contributed by atoms with van der Waals surface area (Å²) in [6.45, 7) is 0. The van der Waals surface area contributed by atoms with Crippen molar-refractivity contribution in [3.05, 3.63) is 28.8 Å². The van der Waals surface area contributed by atoms with Crippen LogP contribution in [0.4, 0.5) is 18.9 Å². The fourth-order valence-corrected chi connectivity index (χ4v) is 2.77. The Morgan fingerprint density at radius 2 is 2.00 bits per heavy atom. The predicted molar refractivity (Wildman–Crippen MR) is 68.9 cm³/mol. The van der Waals surface area contributed by atoms with Crippen LogP contribution in [0.2, 0.25) is 5.02 Å². The van der Waals surface area contributed by atoms with Crippen molar-refractivity contribution in [3.63, 3.8) is 0 Å². The molecular weight excluding hydrogens is 317 g/mol. The summed E-state index contributed by atoms with van der Waals surface area (Å²) in [4.78, 5) is 0. The maximum atomic E-state index is 11.9. The van der Waals surface area contributed by atoms with E-state index >= 15 is 0 Å². The van der Waals surface area contributed by atoms with Crippen LogP contribution in [0.1, 0.15) is 18.4 Å². The number of nitrogens with zero attached hydrogens (tertiary/aromatic N) is 1. The Balaban J connectivity index is 2.70. The average Bonchev–Trinajstić information content (AvgIpc) is 2.29. The van der Waals surface area contributed by atoms with Gasteiger partial charge >= 0.3 is 6.18 Å². The molecule has 0 aliphatic carbocycles. The summed E-state index contributed by atoms with van der Waals surface area (Å²) in [6.07, 6.45) is -6.09. The van der Waals surface area contributed by atoms with Crippen molar-refractivity contribution in [3.8, 4) is 6.07 Å². The normalized spacial score (nSPS) is 11.9. The quantitative estimate of drug-likeness (QED) is 0.902. The zero-order valence-corrected chi connectivity index (χ0v) is 11.6. The van der Waals surface area contributed by atoms with Gasteiger partial charge in [-0.15, -0.1) is 0 Å². The van der Waals surface area contributed by atoms with Gasteiger partial charge in [-0.25, -0.2) is 8.42 Å². The second-order valence-corrected chi connectivity index (χ2v) is 6.20. The summed E-state index contributed by atoms with van der Waals surface area (Å²) in [5.41, 5.74) is 0.271. The maximum Gasteiger partial charge on any atom is 0.389 e. The van der Waals surface area contributed by atoms with E-state index in [0.29, 0.717) is 0 Å². The van der Waals surface area contributed by atoms with Crippen molar-refractivity contribution >= 4 is 27.3 Å². The van der Waals surface area contributed by atoms with E-state index in [4.69, 9.17) is 16.9 Å². The van der Waals surface area contributed by atoms with E-state index in [2.05, 4.69) is 4.72 Å². The summed E-state index contributed by atoms with van der Waals surface area (Å²) >= 11 is 5.76. The maximum absolute atomic E-state index is 11.9. The third kappa shape index (κ3) is 5.67. The highest BCUT2D eigenvalue weighted by molar-refractivity contribution is 7.92. The molecule has 1 aromatic rings. The van der Waals surface area contributed by atoms with E-state index in [-0.39, 0.29) is 16.3 Å². The molecule has 0 saturated heterocycles. The van der Waals surface area contributed by atoms with E-state index < -0.39 is 34.8 Å². The number of hydrogen-bond donors (Lipinski definition) is 1. The zero-order chi connectivity index (χ0) is 15.4. The van der Waals surface area contributed by atoms with Gasteiger partial charge in [0.05, 0.1) is 28.1 Å². The molecule has 0 saturated carbocycles. The Hall–Kier alpha value is -1.46. The Bertz CT molecular complexity index is 624. The van der Waals surface area contributed by atoms with Gasteiger partial charge in [0, 0.05) is 6.42 Å². The SMILES string of the molecule is N#Cc1ccc(NS(=O)(=O)CCCC(F)(F)F)c(Cl)c1. The monoisotopic (exact) mass is 326 g/mol. The van der Waals surface area contributed by atoms with Crippen LogP contribution in [0.5, 0.6) is 0 Å². The summed E-state index contributed by atoms with van der Waals surface area (Å²) in [5, 5.41) is 8.63. The first kappa shape index (κ1) is 16.6. The van der Waals surface area contributed by atoms with Crippen LogP contribution in [-0.2, 0) is 10.0 Å². The Labute approximate surface area is 119 Å². The van der Waals surface area contributed by atoms with E-state index in [0.717, 1.165) is 0 Å². The van der Waals surface area contributed by atoms with Crippen LogP contribution >= 0.6 is 11.6 Å². The molecule has 0 unspecified atom stereocenters. The smallest absolute Gasteiger partial charge is 0.282 e. The molecule has 0 heterocycles. The largest absolute Gasteiger partial charge is 0.389 e. The van der Waals surface area contributed by atoms with Crippen LogP contribution in [0.25, 0.3) is 0 Å². The van der Waals surface area contributed by atoms with Crippen molar-refractivity contribution in [1.82, 2.24) is 0 Å². The van der Waals surface area contributed by atoms with Gasteiger partial charge in [0.25, 0.3) is 0 Å². The number of benzene rings is 1. The lowest BCUT2D eigenvalue weighted by molar-refractivity contribution is -0.134. The molecule has 0 radical (unpaired) electrons. The number of nitriles is 1. The highest BCUT2D eigenvalue weighted by atomic mass is 35.5. The molecule has 0 amide bonds. The Kier molecular flexibility index (Phi) is 5.25. The number of sulfonamides is 1. The zero-order valence-electron chi connectivity index (χ0n) is 10.0. The van der Waals surface area contributed by atoms with Crippen LogP contribution < -0.4 is 4.72 Å². The molecule has 0 bridgehead atoms. The fraction of sp³-hybridized carbons (Fsp3) is 0.364. The van der Waals surface area contributed by atoms with E-state index in [9.17, 15) is 21.6 Å². The van der Waals surface area contributed by atoms with Crippen LogP contribution in [-0.4, -0.2) is 20.3 Å². The van der Waals surface area contributed by atoms with Crippen molar-refractivity contribution in [2.45, 2.75) is 19.0 Å². The highest BCUT2D eigenvalue weighted by Gasteiger charge is 2.27. The standard InChI is InChI=1S/C11H10ClF3N2O2S/c12-9-6-8(7-16)2-3-10(9)17-20(18,19)5-1-4-11(13,14)15/h2-3,6,17H,1,4-5H2. The first-order valence-electron chi connectivity index (χ1n) is 5.40. The second-order valence-electron chi connectivity index (χ2n) is 3.95. The van der Waals surface area contributed by atoms with Gasteiger partial charge in [-0.3, -0.25) is 4.72 Å². The van der Waals surface area contributed by atoms with Crippen molar-refractivity contribution in [2.24, 2.45) is 0 Å². The second kappa shape index (κ2) is 6.33. The summed E-state index contributed by atoms with van der Waals surface area (Å²) in [6, 6.07) is 5.71. The average molecular weight is 327 g/mol. The topological polar surface area (TPSA) is 70.0 Å². The van der Waals surface area contributed by atoms with Crippen LogP contribution in [0.3, 0.4) is 0 Å². The van der Waals surface area contributed by atoms with Crippen LogP contribution in [0.15, 0.2) is 18.2 Å². The molecule has 1 N–H and O–H groups in total. The predicted octanol–water partition coefficient (Wildman–Crippen LogP) is 3.30. The molecule has 0 fully saturated rings. The van der Waals surface area contributed by atoms with Crippen molar-refractivity contribution in [2.75, 3.05) is 10.5 Å². The van der Waals surface area contributed by atoms with Crippen molar-refractivity contribution in [1.29, 1.82) is 5.26 Å². The summed E-state index contributed by atoms with van der Waals surface area (Å²) in [7, 11) is -3.92. The molecule has 1 aromatic carbocycles. The number of alkyl halides is 3. The number of rotatable bonds is 5. The van der Waals surface area contributed by atoms with E-state index in [1.807, 2.05) is 6.07 Å². The molecule has 0 aliphatic heterocycles. The van der Waals surface area contributed by atoms with Gasteiger partial charge in [0.2, 0.25) is 10.0 Å². The summed E-state index contributed by atoms with van der Waals surface area (Å²) < 4.78 is 61.1. The van der Waals surface area contributed by atoms with Gasteiger partial charge < -0.3 is 0 Å². The Morgan fingerprint density at radius 3 is 2.50 bits per heavy atom. The minimum Gasteiger partial charge on any atom is -0.282 e. The van der Waals surface area contributed by atoms with E-state index in [1.165, 1.54) is 18.2 Å². The lowest BCUT2D eigenvalue weighted by Gasteiger charge is -2.10. The lowest BCUT2D eigenvalue weighted by atomic mass is 10.2. The van der Waals surface area contributed by atoms with Crippen molar-refractivity contribution < 1.29 is 21.6 Å². The molecule has 0 spiro atoms. The Morgan fingerprint density at radius 1 is 1.35 bits per heavy atom. The number of nitrogens with one attached hydrogen (secondary N) is 1. The molecule has 110 valence electrons. The first-order valence-corrected chi connectivity index (χ1v) is 7.43.